The summed E-state index contributed by atoms with van der Waals surface area (Å²) < 4.78 is 19.0. The summed E-state index contributed by atoms with van der Waals surface area (Å²) >= 11 is 12.7. The lowest BCUT2D eigenvalue weighted by Crippen LogP contribution is -1.97. The molecule has 0 spiro atoms. The monoisotopic (exact) mass is 437 g/mol. The number of benzene rings is 3. The second-order valence-corrected chi connectivity index (χ2v) is 7.32. The molecular formula is C23H14Cl2FN3O. The Morgan fingerprint density at radius 3 is 2.57 bits per heavy atom. The van der Waals surface area contributed by atoms with Crippen molar-refractivity contribution in [3.8, 4) is 11.8 Å². The predicted molar refractivity (Wildman–Crippen MR) is 117 cm³/mol. The van der Waals surface area contributed by atoms with Crippen LogP contribution in [0, 0.1) is 17.1 Å². The highest BCUT2D eigenvalue weighted by Gasteiger charge is 2.12. The summed E-state index contributed by atoms with van der Waals surface area (Å²) in [6.45, 7) is 0.120. The van der Waals surface area contributed by atoms with Crippen molar-refractivity contribution < 1.29 is 9.13 Å². The van der Waals surface area contributed by atoms with E-state index in [2.05, 4.69) is 16.0 Å². The molecule has 1 heterocycles. The number of aromatic amines is 1. The van der Waals surface area contributed by atoms with Crippen LogP contribution in [0.15, 0.2) is 60.7 Å². The maximum Gasteiger partial charge on any atom is 0.157 e. The second-order valence-electron chi connectivity index (χ2n) is 6.50. The van der Waals surface area contributed by atoms with Crippen molar-refractivity contribution in [2.24, 2.45) is 0 Å². The van der Waals surface area contributed by atoms with Crippen LogP contribution in [0.25, 0.3) is 22.7 Å². The molecule has 0 bridgehead atoms. The Morgan fingerprint density at radius 1 is 1.10 bits per heavy atom. The number of H-pyrrole nitrogens is 1. The lowest BCUT2D eigenvalue weighted by molar-refractivity contribution is 0.306. The molecule has 7 heteroatoms. The fourth-order valence-corrected chi connectivity index (χ4v) is 3.60. The summed E-state index contributed by atoms with van der Waals surface area (Å²) in [5, 5.41) is 10.2. The van der Waals surface area contributed by atoms with Gasteiger partial charge in [0.1, 0.15) is 24.3 Å². The molecular weight excluding hydrogens is 424 g/mol. The molecule has 0 atom stereocenters. The van der Waals surface area contributed by atoms with Crippen LogP contribution < -0.4 is 4.74 Å². The smallest absolute Gasteiger partial charge is 0.157 e. The van der Waals surface area contributed by atoms with Gasteiger partial charge >= 0.3 is 0 Å². The molecule has 3 aromatic carbocycles. The minimum atomic E-state index is -0.344. The fourth-order valence-electron chi connectivity index (χ4n) is 2.98. The first-order valence-corrected chi connectivity index (χ1v) is 9.72. The van der Waals surface area contributed by atoms with Gasteiger partial charge in [-0.2, -0.15) is 5.26 Å². The van der Waals surface area contributed by atoms with Crippen molar-refractivity contribution in [2.75, 3.05) is 0 Å². The molecule has 4 aromatic rings. The molecule has 4 nitrogen and oxygen atoms in total. The predicted octanol–water partition coefficient (Wildman–Crippen LogP) is 6.65. The van der Waals surface area contributed by atoms with E-state index < -0.39 is 0 Å². The summed E-state index contributed by atoms with van der Waals surface area (Å²) in [5.74, 6) is 0.405. The third-order valence-electron chi connectivity index (χ3n) is 4.37. The maximum atomic E-state index is 13.3. The molecule has 0 aliphatic rings. The Balaban J connectivity index is 1.60. The molecule has 0 amide bonds. The minimum absolute atomic E-state index is 0.120. The number of ether oxygens (including phenoxy) is 1. The zero-order valence-electron chi connectivity index (χ0n) is 15.5. The molecule has 0 radical (unpaired) electrons. The Kier molecular flexibility index (Phi) is 5.71. The number of para-hydroxylation sites is 2. The number of nitrogens with zero attached hydrogens (tertiary/aromatic N) is 2. The Labute approximate surface area is 182 Å². The molecule has 0 aliphatic carbocycles. The van der Waals surface area contributed by atoms with Crippen LogP contribution in [0.1, 0.15) is 17.0 Å². The van der Waals surface area contributed by atoms with Gasteiger partial charge in [0.2, 0.25) is 0 Å². The van der Waals surface area contributed by atoms with Crippen molar-refractivity contribution in [3.63, 3.8) is 0 Å². The van der Waals surface area contributed by atoms with Crippen molar-refractivity contribution in [1.29, 1.82) is 5.26 Å². The van der Waals surface area contributed by atoms with E-state index in [1.54, 1.807) is 30.3 Å². The van der Waals surface area contributed by atoms with E-state index in [9.17, 15) is 9.65 Å². The minimum Gasteiger partial charge on any atom is -0.486 e. The molecule has 1 N–H and O–H groups in total. The highest BCUT2D eigenvalue weighted by molar-refractivity contribution is 6.37. The molecule has 0 saturated carbocycles. The molecule has 148 valence electrons. The number of aromatic nitrogens is 2. The molecule has 0 aliphatic heterocycles. The molecule has 0 fully saturated rings. The highest BCUT2D eigenvalue weighted by atomic mass is 35.5. The van der Waals surface area contributed by atoms with Crippen molar-refractivity contribution in [2.45, 2.75) is 6.61 Å². The van der Waals surface area contributed by atoms with E-state index >= 15 is 0 Å². The van der Waals surface area contributed by atoms with E-state index in [1.165, 1.54) is 12.1 Å². The number of rotatable bonds is 5. The first-order valence-electron chi connectivity index (χ1n) is 8.96. The van der Waals surface area contributed by atoms with Gasteiger partial charge < -0.3 is 9.72 Å². The third-order valence-corrected chi connectivity index (χ3v) is 4.93. The van der Waals surface area contributed by atoms with E-state index in [0.717, 1.165) is 11.0 Å². The summed E-state index contributed by atoms with van der Waals surface area (Å²) in [4.78, 5) is 7.57. The van der Waals surface area contributed by atoms with Crippen molar-refractivity contribution >= 4 is 45.9 Å². The standard InChI is InChI=1S/C23H14Cl2FN3O/c24-18-10-15(8-16(12-27)23-28-20-6-1-2-7-21(20)29-23)11-19(25)22(18)30-13-14-4-3-5-17(26)9-14/h1-11H,13H2,(H,28,29)/b16-8+. The van der Waals surface area contributed by atoms with Gasteiger partial charge in [-0.25, -0.2) is 9.37 Å². The Hall–Kier alpha value is -3.33. The van der Waals surface area contributed by atoms with Crippen LogP contribution in [-0.4, -0.2) is 9.97 Å². The van der Waals surface area contributed by atoms with E-state index in [-0.39, 0.29) is 22.5 Å². The van der Waals surface area contributed by atoms with Gasteiger partial charge in [-0.15, -0.1) is 0 Å². The zero-order valence-corrected chi connectivity index (χ0v) is 17.0. The maximum absolute atomic E-state index is 13.3. The molecule has 1 aromatic heterocycles. The van der Waals surface area contributed by atoms with Gasteiger partial charge in [0, 0.05) is 0 Å². The summed E-state index contributed by atoms with van der Waals surface area (Å²) in [5.41, 5.74) is 3.23. The number of halogens is 3. The van der Waals surface area contributed by atoms with E-state index in [1.807, 2.05) is 24.3 Å². The first-order chi connectivity index (χ1) is 14.5. The lowest BCUT2D eigenvalue weighted by Gasteiger charge is -2.11. The van der Waals surface area contributed by atoms with Crippen LogP contribution in [0.4, 0.5) is 4.39 Å². The number of nitrogens with one attached hydrogen (secondary N) is 1. The zero-order chi connectivity index (χ0) is 21.1. The van der Waals surface area contributed by atoms with E-state index in [0.29, 0.717) is 28.3 Å². The van der Waals surface area contributed by atoms with Crippen molar-refractivity contribution in [3.05, 3.63) is 93.5 Å². The Morgan fingerprint density at radius 2 is 1.87 bits per heavy atom. The van der Waals surface area contributed by atoms with Gasteiger partial charge in [0.05, 0.1) is 26.7 Å². The van der Waals surface area contributed by atoms with Crippen molar-refractivity contribution in [1.82, 2.24) is 9.97 Å². The van der Waals surface area contributed by atoms with Gasteiger partial charge in [0.15, 0.2) is 5.75 Å². The van der Waals surface area contributed by atoms with Crippen LogP contribution in [0.2, 0.25) is 10.0 Å². The summed E-state index contributed by atoms with van der Waals surface area (Å²) in [6, 6.07) is 19.1. The number of fused-ring (bicyclic) bond motifs is 1. The van der Waals surface area contributed by atoms with Crippen LogP contribution in [0.3, 0.4) is 0 Å². The summed E-state index contributed by atoms with van der Waals surface area (Å²) in [6.07, 6.45) is 1.64. The number of hydrogen-bond acceptors (Lipinski definition) is 3. The van der Waals surface area contributed by atoms with Gasteiger partial charge in [-0.1, -0.05) is 47.5 Å². The molecule has 30 heavy (non-hydrogen) atoms. The van der Waals surface area contributed by atoms with Crippen LogP contribution in [0.5, 0.6) is 5.75 Å². The van der Waals surface area contributed by atoms with Gasteiger partial charge in [0.25, 0.3) is 0 Å². The first kappa shape index (κ1) is 20.0. The number of allylic oxidation sites excluding steroid dienone is 1. The SMILES string of the molecule is N#C/C(=C\c1cc(Cl)c(OCc2cccc(F)c2)c(Cl)c1)c1nc2ccccc2[nH]1. The summed E-state index contributed by atoms with van der Waals surface area (Å²) in [7, 11) is 0. The van der Waals surface area contributed by atoms with Gasteiger partial charge in [-0.3, -0.25) is 0 Å². The van der Waals surface area contributed by atoms with Gasteiger partial charge in [-0.05, 0) is 53.6 Å². The normalized spacial score (nSPS) is 11.5. The van der Waals surface area contributed by atoms with Crippen LogP contribution in [-0.2, 0) is 6.61 Å². The molecule has 0 unspecified atom stereocenters. The lowest BCUT2D eigenvalue weighted by atomic mass is 10.1. The molecule has 0 saturated heterocycles. The topological polar surface area (TPSA) is 61.7 Å². The average Bonchev–Trinajstić information content (AvgIpc) is 3.15. The molecule has 4 rings (SSSR count). The highest BCUT2D eigenvalue weighted by Crippen LogP contribution is 2.36. The Bertz CT molecular complexity index is 1250. The quantitative estimate of drug-likeness (QED) is 0.355. The third kappa shape index (κ3) is 4.30. The number of nitriles is 1. The second kappa shape index (κ2) is 8.58. The fraction of sp³-hybridized carbons (Fsp3) is 0.0435. The van der Waals surface area contributed by atoms with Crippen LogP contribution >= 0.6 is 23.2 Å². The average molecular weight is 438 g/mol. The number of imidazole rings is 1. The largest absolute Gasteiger partial charge is 0.486 e. The number of hydrogen-bond donors (Lipinski definition) is 1. The van der Waals surface area contributed by atoms with E-state index in [4.69, 9.17) is 27.9 Å².